The van der Waals surface area contributed by atoms with Gasteiger partial charge in [0.25, 0.3) is 0 Å². The van der Waals surface area contributed by atoms with Gasteiger partial charge < -0.3 is 14.0 Å². The van der Waals surface area contributed by atoms with Crippen molar-refractivity contribution in [3.63, 3.8) is 0 Å². The Morgan fingerprint density at radius 1 is 1.03 bits per heavy atom. The van der Waals surface area contributed by atoms with Crippen molar-refractivity contribution >= 4 is 10.0 Å². The fraction of sp³-hybridized carbons (Fsp3) is 0.0870. The first-order valence-corrected chi connectivity index (χ1v) is 11.1. The molecule has 1 aromatic heterocycles. The van der Waals surface area contributed by atoms with Gasteiger partial charge in [0, 0.05) is 11.1 Å². The number of methoxy groups -OCH3 is 1. The van der Waals surface area contributed by atoms with Crippen LogP contribution in [0.5, 0.6) is 11.5 Å². The van der Waals surface area contributed by atoms with Gasteiger partial charge in [0.15, 0.2) is 17.3 Å². The zero-order valence-corrected chi connectivity index (χ0v) is 17.8. The molecule has 0 bridgehead atoms. The third-order valence-electron chi connectivity index (χ3n) is 4.76. The first-order chi connectivity index (χ1) is 15.4. The van der Waals surface area contributed by atoms with E-state index in [4.69, 9.17) is 19.1 Å². The third kappa shape index (κ3) is 4.34. The van der Waals surface area contributed by atoms with Gasteiger partial charge in [-0.1, -0.05) is 41.6 Å². The zero-order chi connectivity index (χ0) is 22.7. The number of rotatable bonds is 7. The van der Waals surface area contributed by atoms with E-state index in [0.29, 0.717) is 16.9 Å². The van der Waals surface area contributed by atoms with Gasteiger partial charge in [0.1, 0.15) is 18.1 Å². The summed E-state index contributed by atoms with van der Waals surface area (Å²) in [5.74, 6) is 0.319. The molecule has 0 aliphatic carbocycles. The van der Waals surface area contributed by atoms with Crippen molar-refractivity contribution in [1.29, 1.82) is 0 Å². The first kappa shape index (κ1) is 21.5. The van der Waals surface area contributed by atoms with Crippen LogP contribution in [0.25, 0.3) is 22.4 Å². The summed E-state index contributed by atoms with van der Waals surface area (Å²) in [5, 5.41) is 9.54. The van der Waals surface area contributed by atoms with E-state index in [1.54, 1.807) is 36.4 Å². The number of primary sulfonamides is 1. The van der Waals surface area contributed by atoms with Gasteiger partial charge in [-0.3, -0.25) is 0 Å². The first-order valence-electron chi connectivity index (χ1n) is 9.51. The monoisotopic (exact) mass is 454 g/mol. The zero-order valence-electron chi connectivity index (χ0n) is 17.0. The topological polar surface area (TPSA) is 105 Å². The molecule has 1 heterocycles. The summed E-state index contributed by atoms with van der Waals surface area (Å²) in [6.07, 6.45) is 0. The fourth-order valence-electron chi connectivity index (χ4n) is 3.30. The van der Waals surface area contributed by atoms with Crippen molar-refractivity contribution in [3.05, 3.63) is 84.4 Å². The van der Waals surface area contributed by atoms with Crippen molar-refractivity contribution < 1.29 is 26.8 Å². The molecule has 0 amide bonds. The summed E-state index contributed by atoms with van der Waals surface area (Å²) in [4.78, 5) is -0.112. The Hall–Kier alpha value is -3.69. The molecule has 9 heteroatoms. The third-order valence-corrected chi connectivity index (χ3v) is 5.73. The van der Waals surface area contributed by atoms with E-state index >= 15 is 0 Å². The van der Waals surface area contributed by atoms with Crippen molar-refractivity contribution in [2.45, 2.75) is 11.5 Å². The highest BCUT2D eigenvalue weighted by Gasteiger charge is 2.25. The van der Waals surface area contributed by atoms with Crippen LogP contribution < -0.4 is 14.6 Å². The van der Waals surface area contributed by atoms with Crippen LogP contribution in [0.2, 0.25) is 0 Å². The molecule has 0 saturated heterocycles. The summed E-state index contributed by atoms with van der Waals surface area (Å²) < 4.78 is 55.2. The van der Waals surface area contributed by atoms with Crippen LogP contribution in [0.4, 0.5) is 4.39 Å². The van der Waals surface area contributed by atoms with E-state index in [-0.39, 0.29) is 34.3 Å². The van der Waals surface area contributed by atoms with Gasteiger partial charge in [-0.2, -0.15) is 0 Å². The minimum atomic E-state index is -4.07. The quantitative estimate of drug-likeness (QED) is 0.444. The maximum Gasteiger partial charge on any atom is 0.238 e. The van der Waals surface area contributed by atoms with Gasteiger partial charge in [-0.25, -0.2) is 17.9 Å². The van der Waals surface area contributed by atoms with Crippen LogP contribution in [0.3, 0.4) is 0 Å². The average molecular weight is 454 g/mol. The highest BCUT2D eigenvalue weighted by molar-refractivity contribution is 7.89. The molecule has 0 unspecified atom stereocenters. The molecule has 164 valence electrons. The Kier molecular flexibility index (Phi) is 5.93. The predicted octanol–water partition coefficient (Wildman–Crippen LogP) is 4.38. The lowest BCUT2D eigenvalue weighted by molar-refractivity contribution is 0.250. The van der Waals surface area contributed by atoms with Crippen LogP contribution in [-0.2, 0) is 16.6 Å². The molecule has 0 saturated carbocycles. The number of aromatic nitrogens is 1. The maximum atomic E-state index is 14.4. The van der Waals surface area contributed by atoms with E-state index in [1.165, 1.54) is 25.3 Å². The summed E-state index contributed by atoms with van der Waals surface area (Å²) >= 11 is 0. The number of hydrogen-bond donors (Lipinski definition) is 1. The smallest absolute Gasteiger partial charge is 0.238 e. The molecule has 0 spiro atoms. The van der Waals surface area contributed by atoms with E-state index < -0.39 is 15.8 Å². The normalized spacial score (nSPS) is 11.3. The van der Waals surface area contributed by atoms with Gasteiger partial charge in [0.05, 0.1) is 17.6 Å². The summed E-state index contributed by atoms with van der Waals surface area (Å²) in [6, 6.07) is 19.5. The van der Waals surface area contributed by atoms with Gasteiger partial charge in [-0.15, -0.1) is 0 Å². The molecule has 32 heavy (non-hydrogen) atoms. The fourth-order valence-corrected chi connectivity index (χ4v) is 4.04. The number of nitrogens with two attached hydrogens (primary N) is 1. The molecule has 0 aliphatic heterocycles. The second-order valence-electron chi connectivity index (χ2n) is 6.82. The molecule has 3 aromatic carbocycles. The van der Waals surface area contributed by atoms with Crippen molar-refractivity contribution in [1.82, 2.24) is 5.16 Å². The predicted molar refractivity (Wildman–Crippen MR) is 116 cm³/mol. The highest BCUT2D eigenvalue weighted by atomic mass is 32.2. The minimum Gasteiger partial charge on any atom is -0.494 e. The molecule has 0 atom stereocenters. The van der Waals surface area contributed by atoms with Crippen LogP contribution in [0, 0.1) is 5.82 Å². The molecule has 4 aromatic rings. The standard InChI is InChI=1S/C23H19FN2O5S/c1-29-19-12-11-15(13-18(19)24)23-22(17-9-5-6-10-21(17)32(25,27)28)20(31-26-23)14-30-16-7-3-2-4-8-16/h2-13H,14H2,1H3,(H2,25,27,28). The molecule has 0 aliphatic rings. The number of ether oxygens (including phenoxy) is 2. The van der Waals surface area contributed by atoms with Crippen LogP contribution in [0.15, 0.2) is 82.2 Å². The number of hydrogen-bond acceptors (Lipinski definition) is 6. The number of sulfonamides is 1. The molecule has 7 nitrogen and oxygen atoms in total. The molecule has 2 N–H and O–H groups in total. The van der Waals surface area contributed by atoms with Crippen molar-refractivity contribution in [2.24, 2.45) is 5.14 Å². The molecular weight excluding hydrogens is 435 g/mol. The summed E-state index contributed by atoms with van der Waals surface area (Å²) in [6.45, 7) is -0.0378. The SMILES string of the molecule is COc1ccc(-c2noc(COc3ccccc3)c2-c2ccccc2S(N)(=O)=O)cc1F. The maximum absolute atomic E-state index is 14.4. The van der Waals surface area contributed by atoms with E-state index in [9.17, 15) is 12.8 Å². The largest absolute Gasteiger partial charge is 0.494 e. The van der Waals surface area contributed by atoms with E-state index in [1.807, 2.05) is 18.2 Å². The summed E-state index contributed by atoms with van der Waals surface area (Å²) in [7, 11) is -2.70. The van der Waals surface area contributed by atoms with E-state index in [0.717, 1.165) is 0 Å². The van der Waals surface area contributed by atoms with Crippen molar-refractivity contribution in [2.75, 3.05) is 7.11 Å². The number of benzene rings is 3. The lowest BCUT2D eigenvalue weighted by Crippen LogP contribution is -2.13. The Morgan fingerprint density at radius 3 is 2.44 bits per heavy atom. The Labute approximate surface area is 184 Å². The summed E-state index contributed by atoms with van der Waals surface area (Å²) in [5.41, 5.74) is 1.23. The lowest BCUT2D eigenvalue weighted by atomic mass is 9.99. The van der Waals surface area contributed by atoms with Gasteiger partial charge in [0.2, 0.25) is 10.0 Å². The second-order valence-corrected chi connectivity index (χ2v) is 8.35. The molecular formula is C23H19FN2O5S. The second kappa shape index (κ2) is 8.81. The van der Waals surface area contributed by atoms with Crippen LogP contribution in [0.1, 0.15) is 5.76 Å². The van der Waals surface area contributed by atoms with Crippen molar-refractivity contribution in [3.8, 4) is 33.9 Å². The molecule has 0 fully saturated rings. The lowest BCUT2D eigenvalue weighted by Gasteiger charge is -2.11. The van der Waals surface area contributed by atoms with Crippen LogP contribution >= 0.6 is 0 Å². The number of nitrogens with zero attached hydrogens (tertiary/aromatic N) is 1. The van der Waals surface area contributed by atoms with Gasteiger partial charge in [-0.05, 0) is 36.4 Å². The van der Waals surface area contributed by atoms with Crippen LogP contribution in [-0.4, -0.2) is 20.7 Å². The number of halogens is 1. The molecule has 4 rings (SSSR count). The minimum absolute atomic E-state index is 0.0378. The van der Waals surface area contributed by atoms with E-state index in [2.05, 4.69) is 5.16 Å². The average Bonchev–Trinajstić information content (AvgIpc) is 3.21. The molecule has 0 radical (unpaired) electrons. The Morgan fingerprint density at radius 2 is 1.75 bits per heavy atom. The Bertz CT molecular complexity index is 1350. The van der Waals surface area contributed by atoms with Gasteiger partial charge >= 0.3 is 0 Å². The Balaban J connectivity index is 1.87. The highest BCUT2D eigenvalue weighted by Crippen LogP contribution is 2.39. The number of para-hydroxylation sites is 1.